The Morgan fingerprint density at radius 2 is 2.08 bits per heavy atom. The zero-order valence-electron chi connectivity index (χ0n) is 14.3. The molecule has 1 heterocycles. The summed E-state index contributed by atoms with van der Waals surface area (Å²) in [6, 6.07) is 15.0. The smallest absolute Gasteiger partial charge is 0.234 e. The molecule has 0 spiro atoms. The molecule has 0 saturated heterocycles. The van der Waals surface area contributed by atoms with Crippen molar-refractivity contribution in [1.29, 1.82) is 5.26 Å². The summed E-state index contributed by atoms with van der Waals surface area (Å²) in [5, 5.41) is 14.3. The van der Waals surface area contributed by atoms with Crippen LogP contribution in [0.15, 0.2) is 47.5 Å². The minimum absolute atomic E-state index is 0.157. The Morgan fingerprint density at radius 1 is 1.27 bits per heavy atom. The summed E-state index contributed by atoms with van der Waals surface area (Å²) in [7, 11) is 0. The summed E-state index contributed by atoms with van der Waals surface area (Å²) >= 11 is 7.18. The summed E-state index contributed by atoms with van der Waals surface area (Å²) in [6.45, 7) is 4.04. The molecule has 0 aliphatic carbocycles. The summed E-state index contributed by atoms with van der Waals surface area (Å²) < 4.78 is 0. The molecule has 0 saturated carbocycles. The molecular formula is C20H16ClN3OS. The van der Waals surface area contributed by atoms with Crippen molar-refractivity contribution in [3.63, 3.8) is 0 Å². The van der Waals surface area contributed by atoms with Crippen molar-refractivity contribution in [2.24, 2.45) is 0 Å². The van der Waals surface area contributed by atoms with Crippen LogP contribution in [0, 0.1) is 25.2 Å². The molecule has 0 aliphatic heterocycles. The monoisotopic (exact) mass is 381 g/mol. The van der Waals surface area contributed by atoms with Crippen molar-refractivity contribution in [2.45, 2.75) is 18.9 Å². The average molecular weight is 382 g/mol. The Balaban J connectivity index is 1.80. The SMILES string of the molecule is Cc1ccc2cc(C#N)c(SCC(=O)Nc3cccc(Cl)c3)nc2c1C. The molecule has 0 bridgehead atoms. The van der Waals surface area contributed by atoms with Gasteiger partial charge in [-0.15, -0.1) is 0 Å². The van der Waals surface area contributed by atoms with E-state index in [1.54, 1.807) is 24.3 Å². The number of hydrogen-bond donors (Lipinski definition) is 1. The van der Waals surface area contributed by atoms with E-state index in [0.717, 1.165) is 22.0 Å². The lowest BCUT2D eigenvalue weighted by Crippen LogP contribution is -2.14. The van der Waals surface area contributed by atoms with E-state index in [1.165, 1.54) is 11.8 Å². The van der Waals surface area contributed by atoms with Gasteiger partial charge in [0.1, 0.15) is 11.1 Å². The fourth-order valence-electron chi connectivity index (χ4n) is 2.55. The van der Waals surface area contributed by atoms with Gasteiger partial charge < -0.3 is 5.32 Å². The fraction of sp³-hybridized carbons (Fsp3) is 0.150. The second kappa shape index (κ2) is 7.77. The lowest BCUT2D eigenvalue weighted by Gasteiger charge is -2.09. The standard InChI is InChI=1S/C20H16ClN3OS/c1-12-6-7-14-8-15(10-22)20(24-19(14)13(12)2)26-11-18(25)23-17-5-3-4-16(21)9-17/h3-9H,11H2,1-2H3,(H,23,25). The molecule has 1 amide bonds. The van der Waals surface area contributed by atoms with Crippen LogP contribution in [0.4, 0.5) is 5.69 Å². The van der Waals surface area contributed by atoms with Gasteiger partial charge in [0.15, 0.2) is 0 Å². The number of benzene rings is 2. The number of thioether (sulfide) groups is 1. The number of halogens is 1. The molecule has 3 aromatic rings. The van der Waals surface area contributed by atoms with E-state index in [4.69, 9.17) is 11.6 Å². The van der Waals surface area contributed by atoms with E-state index in [1.807, 2.05) is 32.0 Å². The average Bonchev–Trinajstić information content (AvgIpc) is 2.62. The largest absolute Gasteiger partial charge is 0.325 e. The van der Waals surface area contributed by atoms with Gasteiger partial charge in [-0.2, -0.15) is 5.26 Å². The van der Waals surface area contributed by atoms with Crippen LogP contribution in [0.5, 0.6) is 0 Å². The zero-order chi connectivity index (χ0) is 18.7. The molecule has 0 unspecified atom stereocenters. The maximum Gasteiger partial charge on any atom is 0.234 e. The minimum Gasteiger partial charge on any atom is -0.325 e. The van der Waals surface area contributed by atoms with Gasteiger partial charge in [0.2, 0.25) is 5.91 Å². The molecule has 3 rings (SSSR count). The van der Waals surface area contributed by atoms with E-state index >= 15 is 0 Å². The highest BCUT2D eigenvalue weighted by Gasteiger charge is 2.12. The number of nitriles is 1. The number of fused-ring (bicyclic) bond motifs is 1. The van der Waals surface area contributed by atoms with Crippen molar-refractivity contribution in [2.75, 3.05) is 11.1 Å². The number of nitrogens with zero attached hydrogens (tertiary/aromatic N) is 2. The number of carbonyl (C=O) groups excluding carboxylic acids is 1. The normalized spacial score (nSPS) is 10.5. The van der Waals surface area contributed by atoms with Gasteiger partial charge in [-0.1, -0.05) is 41.6 Å². The van der Waals surface area contributed by atoms with Gasteiger partial charge in [-0.05, 0) is 49.2 Å². The molecule has 0 aliphatic rings. The maximum atomic E-state index is 12.2. The first-order chi connectivity index (χ1) is 12.5. The van der Waals surface area contributed by atoms with Crippen LogP contribution in [-0.4, -0.2) is 16.6 Å². The van der Waals surface area contributed by atoms with Crippen molar-refractivity contribution < 1.29 is 4.79 Å². The van der Waals surface area contributed by atoms with E-state index < -0.39 is 0 Å². The number of pyridine rings is 1. The highest BCUT2D eigenvalue weighted by atomic mass is 35.5. The Bertz CT molecular complexity index is 1040. The van der Waals surface area contributed by atoms with Crippen molar-refractivity contribution >= 4 is 45.9 Å². The molecule has 2 aromatic carbocycles. The number of aryl methyl sites for hydroxylation is 2. The van der Waals surface area contributed by atoms with E-state index in [9.17, 15) is 10.1 Å². The number of hydrogen-bond acceptors (Lipinski definition) is 4. The second-order valence-corrected chi connectivity index (χ2v) is 7.28. The van der Waals surface area contributed by atoms with Gasteiger partial charge in [0, 0.05) is 16.1 Å². The third kappa shape index (κ3) is 3.98. The lowest BCUT2D eigenvalue weighted by molar-refractivity contribution is -0.113. The number of nitrogens with one attached hydrogen (secondary N) is 1. The van der Waals surface area contributed by atoms with E-state index in [2.05, 4.69) is 16.4 Å². The maximum absolute atomic E-state index is 12.2. The van der Waals surface area contributed by atoms with Gasteiger partial charge in [-0.25, -0.2) is 4.98 Å². The molecule has 4 nitrogen and oxygen atoms in total. The molecule has 26 heavy (non-hydrogen) atoms. The molecular weight excluding hydrogens is 366 g/mol. The molecule has 1 N–H and O–H groups in total. The number of anilines is 1. The number of rotatable bonds is 4. The van der Waals surface area contributed by atoms with Crippen LogP contribution in [-0.2, 0) is 4.79 Å². The number of aromatic nitrogens is 1. The van der Waals surface area contributed by atoms with Gasteiger partial charge in [0.05, 0.1) is 16.8 Å². The number of amides is 1. The minimum atomic E-state index is -0.177. The highest BCUT2D eigenvalue weighted by Crippen LogP contribution is 2.27. The van der Waals surface area contributed by atoms with Crippen LogP contribution in [0.1, 0.15) is 16.7 Å². The Labute approximate surface area is 161 Å². The van der Waals surface area contributed by atoms with Crippen LogP contribution in [0.25, 0.3) is 10.9 Å². The highest BCUT2D eigenvalue weighted by molar-refractivity contribution is 8.00. The molecule has 6 heteroatoms. The van der Waals surface area contributed by atoms with Crippen molar-refractivity contribution in [3.05, 3.63) is 64.2 Å². The summed E-state index contributed by atoms with van der Waals surface area (Å²) in [5.74, 6) is -0.0195. The third-order valence-corrected chi connectivity index (χ3v) is 5.27. The van der Waals surface area contributed by atoms with Crippen molar-refractivity contribution in [1.82, 2.24) is 4.98 Å². The molecule has 0 fully saturated rings. The molecule has 0 radical (unpaired) electrons. The van der Waals surface area contributed by atoms with Gasteiger partial charge >= 0.3 is 0 Å². The molecule has 130 valence electrons. The Morgan fingerprint density at radius 3 is 2.81 bits per heavy atom. The lowest BCUT2D eigenvalue weighted by atomic mass is 10.0. The Hall–Kier alpha value is -2.55. The van der Waals surface area contributed by atoms with Crippen LogP contribution in [0.2, 0.25) is 5.02 Å². The summed E-state index contributed by atoms with van der Waals surface area (Å²) in [4.78, 5) is 16.8. The summed E-state index contributed by atoms with van der Waals surface area (Å²) in [5.41, 5.74) is 4.20. The quantitative estimate of drug-likeness (QED) is 0.638. The van der Waals surface area contributed by atoms with E-state index in [0.29, 0.717) is 21.3 Å². The van der Waals surface area contributed by atoms with E-state index in [-0.39, 0.29) is 11.7 Å². The topological polar surface area (TPSA) is 65.8 Å². The van der Waals surface area contributed by atoms with Crippen LogP contribution in [0.3, 0.4) is 0 Å². The first kappa shape index (κ1) is 18.2. The van der Waals surface area contributed by atoms with Gasteiger partial charge in [0.25, 0.3) is 0 Å². The first-order valence-electron chi connectivity index (χ1n) is 7.97. The fourth-order valence-corrected chi connectivity index (χ4v) is 3.50. The third-order valence-electron chi connectivity index (χ3n) is 4.05. The molecule has 1 aromatic heterocycles. The van der Waals surface area contributed by atoms with Crippen molar-refractivity contribution in [3.8, 4) is 6.07 Å². The second-order valence-electron chi connectivity index (χ2n) is 5.88. The predicted octanol–water partition coefficient (Wildman–Crippen LogP) is 5.11. The van der Waals surface area contributed by atoms with Crippen LogP contribution < -0.4 is 5.32 Å². The molecule has 0 atom stereocenters. The number of carbonyl (C=O) groups is 1. The zero-order valence-corrected chi connectivity index (χ0v) is 15.9. The first-order valence-corrected chi connectivity index (χ1v) is 9.33. The Kier molecular flexibility index (Phi) is 5.46. The summed E-state index contributed by atoms with van der Waals surface area (Å²) in [6.07, 6.45) is 0. The predicted molar refractivity (Wildman–Crippen MR) is 107 cm³/mol. The van der Waals surface area contributed by atoms with Crippen LogP contribution >= 0.6 is 23.4 Å². The van der Waals surface area contributed by atoms with Gasteiger partial charge in [-0.3, -0.25) is 4.79 Å².